The number of amides is 4. The normalized spacial score (nSPS) is 15.1. The van der Waals surface area contributed by atoms with Gasteiger partial charge in [-0.1, -0.05) is 34.1 Å². The van der Waals surface area contributed by atoms with Crippen LogP contribution in [-0.4, -0.2) is 71.4 Å². The number of hydrogen-bond acceptors (Lipinski definition) is 7. The van der Waals surface area contributed by atoms with Crippen LogP contribution >= 0.6 is 0 Å². The Labute approximate surface area is 205 Å². The molecule has 5 unspecified atom stereocenters. The maximum atomic E-state index is 13.0. The lowest BCUT2D eigenvalue weighted by Crippen LogP contribution is -2.59. The average molecular weight is 501 g/mol. The molecule has 35 heavy (non-hydrogen) atoms. The molecule has 0 saturated heterocycles. The van der Waals surface area contributed by atoms with Crippen molar-refractivity contribution < 1.29 is 29.1 Å². The molecule has 0 aliphatic rings. The molecule has 0 rings (SSSR count). The van der Waals surface area contributed by atoms with Gasteiger partial charge in [0.25, 0.3) is 0 Å². The molecule has 4 amide bonds. The van der Waals surface area contributed by atoms with Crippen molar-refractivity contribution in [3.63, 3.8) is 0 Å². The van der Waals surface area contributed by atoms with E-state index in [1.807, 2.05) is 0 Å². The van der Waals surface area contributed by atoms with Crippen molar-refractivity contribution in [3.05, 3.63) is 0 Å². The number of aliphatic carboxylic acids is 1. The van der Waals surface area contributed by atoms with Crippen LogP contribution in [0, 0.1) is 11.8 Å². The van der Waals surface area contributed by atoms with Crippen LogP contribution in [0.3, 0.4) is 0 Å². The van der Waals surface area contributed by atoms with Gasteiger partial charge in [-0.05, 0) is 24.7 Å². The maximum Gasteiger partial charge on any atom is 0.326 e. The minimum atomic E-state index is -1.24. The Balaban J connectivity index is 5.62. The molecular formula is C21H40N8O6. The third-order valence-electron chi connectivity index (χ3n) is 5.36. The lowest BCUT2D eigenvalue weighted by atomic mass is 9.98. The topological polar surface area (TPSA) is 258 Å². The summed E-state index contributed by atoms with van der Waals surface area (Å²) in [6, 6.07) is -4.61. The van der Waals surface area contributed by atoms with Gasteiger partial charge in [-0.15, -0.1) is 0 Å². The van der Waals surface area contributed by atoms with Gasteiger partial charge in [0.05, 0.1) is 12.5 Å². The quantitative estimate of drug-likeness (QED) is 0.0631. The van der Waals surface area contributed by atoms with Crippen molar-refractivity contribution in [2.75, 3.05) is 6.54 Å². The molecule has 0 aromatic heterocycles. The molecule has 0 radical (unpaired) electrons. The van der Waals surface area contributed by atoms with Crippen LogP contribution < -0.4 is 38.9 Å². The first kappa shape index (κ1) is 31.6. The van der Waals surface area contributed by atoms with Crippen LogP contribution in [0.5, 0.6) is 0 Å². The van der Waals surface area contributed by atoms with E-state index >= 15 is 0 Å². The summed E-state index contributed by atoms with van der Waals surface area (Å²) in [5.74, 6) is -5.01. The number of hydrogen-bond donors (Lipinski definition) is 8. The fraction of sp³-hybridized carbons (Fsp3) is 0.714. The fourth-order valence-corrected chi connectivity index (χ4v) is 3.08. The standard InChI is InChI=1S/C21H40N8O6/c1-5-11(4)16(20(34)35)29-18(32)13(7-6-8-26-21(24)25)27-19(33)15(10(2)3)28-17(31)12(22)9-14(23)30/h10-13,15-16H,5-9,22H2,1-4H3,(H2,23,30)(H,27,33)(H,28,31)(H,29,32)(H,34,35)(H4,24,25,26). The van der Waals surface area contributed by atoms with Crippen LogP contribution in [0.4, 0.5) is 0 Å². The Bertz CT molecular complexity index is 784. The molecule has 0 aromatic carbocycles. The molecule has 0 aliphatic carbocycles. The number of rotatable bonds is 16. The van der Waals surface area contributed by atoms with Crippen molar-refractivity contribution in [2.45, 2.75) is 77.5 Å². The summed E-state index contributed by atoms with van der Waals surface area (Å²) in [6.07, 6.45) is 0.507. The largest absolute Gasteiger partial charge is 0.480 e. The SMILES string of the molecule is CCC(C)C(NC(=O)C(CCCN=C(N)N)NC(=O)C(NC(=O)C(N)CC(N)=O)C(C)C)C(=O)O. The summed E-state index contributed by atoms with van der Waals surface area (Å²) in [5, 5.41) is 17.0. The summed E-state index contributed by atoms with van der Waals surface area (Å²) in [7, 11) is 0. The van der Waals surface area contributed by atoms with E-state index in [9.17, 15) is 29.1 Å². The number of carboxylic acids is 1. The number of primary amides is 1. The zero-order valence-corrected chi connectivity index (χ0v) is 20.7. The van der Waals surface area contributed by atoms with Gasteiger partial charge < -0.3 is 44.0 Å². The molecule has 0 saturated carbocycles. The Morgan fingerprint density at radius 3 is 1.91 bits per heavy atom. The van der Waals surface area contributed by atoms with Gasteiger partial charge in [0.1, 0.15) is 18.1 Å². The highest BCUT2D eigenvalue weighted by molar-refractivity contribution is 5.95. The molecule has 14 heteroatoms. The van der Waals surface area contributed by atoms with Crippen molar-refractivity contribution in [2.24, 2.45) is 39.8 Å². The van der Waals surface area contributed by atoms with Gasteiger partial charge in [-0.25, -0.2) is 4.79 Å². The van der Waals surface area contributed by atoms with Gasteiger partial charge in [-0.2, -0.15) is 0 Å². The number of carbonyl (C=O) groups excluding carboxylic acids is 4. The van der Waals surface area contributed by atoms with E-state index in [1.54, 1.807) is 27.7 Å². The fourth-order valence-electron chi connectivity index (χ4n) is 3.08. The summed E-state index contributed by atoms with van der Waals surface area (Å²) < 4.78 is 0. The second kappa shape index (κ2) is 15.5. The number of guanidine groups is 1. The predicted molar refractivity (Wildman–Crippen MR) is 129 cm³/mol. The first-order chi connectivity index (χ1) is 16.2. The smallest absolute Gasteiger partial charge is 0.326 e. The van der Waals surface area contributed by atoms with Gasteiger partial charge >= 0.3 is 5.97 Å². The summed E-state index contributed by atoms with van der Waals surface area (Å²) in [6.45, 7) is 7.00. The van der Waals surface area contributed by atoms with Crippen LogP contribution in [-0.2, 0) is 24.0 Å². The average Bonchev–Trinajstić information content (AvgIpc) is 2.75. The second-order valence-corrected chi connectivity index (χ2v) is 8.73. The summed E-state index contributed by atoms with van der Waals surface area (Å²) >= 11 is 0. The summed E-state index contributed by atoms with van der Waals surface area (Å²) in [5.41, 5.74) is 21.3. The number of carboxylic acid groups (broad SMARTS) is 1. The van der Waals surface area contributed by atoms with Crippen molar-refractivity contribution in [3.8, 4) is 0 Å². The monoisotopic (exact) mass is 500 g/mol. The Kier molecular flexibility index (Phi) is 14.0. The van der Waals surface area contributed by atoms with Crippen LogP contribution in [0.1, 0.15) is 53.4 Å². The van der Waals surface area contributed by atoms with E-state index in [4.69, 9.17) is 22.9 Å². The van der Waals surface area contributed by atoms with Crippen molar-refractivity contribution in [1.29, 1.82) is 0 Å². The van der Waals surface area contributed by atoms with Crippen LogP contribution in [0.2, 0.25) is 0 Å². The first-order valence-corrected chi connectivity index (χ1v) is 11.4. The van der Waals surface area contributed by atoms with E-state index < -0.39 is 66.1 Å². The molecule has 0 aromatic rings. The van der Waals surface area contributed by atoms with Gasteiger partial charge in [0, 0.05) is 6.54 Å². The van der Waals surface area contributed by atoms with E-state index in [0.717, 1.165) is 0 Å². The molecule has 200 valence electrons. The number of carbonyl (C=O) groups is 5. The Morgan fingerprint density at radius 2 is 1.46 bits per heavy atom. The van der Waals surface area contributed by atoms with Crippen molar-refractivity contribution >= 4 is 35.6 Å². The molecule has 0 spiro atoms. The number of nitrogens with one attached hydrogen (secondary N) is 3. The van der Waals surface area contributed by atoms with Gasteiger partial charge in [-0.3, -0.25) is 24.2 Å². The van der Waals surface area contributed by atoms with E-state index in [1.165, 1.54) is 0 Å². The third kappa shape index (κ3) is 12.0. The predicted octanol–water partition coefficient (Wildman–Crippen LogP) is -2.52. The molecule has 5 atom stereocenters. The highest BCUT2D eigenvalue weighted by Gasteiger charge is 2.32. The van der Waals surface area contributed by atoms with Crippen LogP contribution in [0.25, 0.3) is 0 Å². The lowest BCUT2D eigenvalue weighted by molar-refractivity contribution is -0.144. The maximum absolute atomic E-state index is 13.0. The zero-order valence-electron chi connectivity index (χ0n) is 20.7. The molecule has 0 heterocycles. The van der Waals surface area contributed by atoms with Crippen LogP contribution in [0.15, 0.2) is 4.99 Å². The minimum Gasteiger partial charge on any atom is -0.480 e. The first-order valence-electron chi connectivity index (χ1n) is 11.4. The highest BCUT2D eigenvalue weighted by atomic mass is 16.4. The van der Waals surface area contributed by atoms with Gasteiger partial charge in [0.15, 0.2) is 5.96 Å². The summed E-state index contributed by atoms with van der Waals surface area (Å²) in [4.78, 5) is 64.8. The van der Waals surface area contributed by atoms with E-state index in [2.05, 4.69) is 20.9 Å². The molecule has 14 nitrogen and oxygen atoms in total. The lowest BCUT2D eigenvalue weighted by Gasteiger charge is -2.27. The molecular weight excluding hydrogens is 460 g/mol. The molecule has 0 aliphatic heterocycles. The molecule has 0 fully saturated rings. The third-order valence-corrected chi connectivity index (χ3v) is 5.36. The Hall–Kier alpha value is -3.42. The van der Waals surface area contributed by atoms with E-state index in [-0.39, 0.29) is 24.8 Å². The number of nitrogens with two attached hydrogens (primary N) is 4. The van der Waals surface area contributed by atoms with E-state index in [0.29, 0.717) is 12.8 Å². The minimum absolute atomic E-state index is 0.0984. The Morgan fingerprint density at radius 1 is 0.886 bits per heavy atom. The number of aliphatic imine (C=N–C) groups is 1. The second-order valence-electron chi connectivity index (χ2n) is 8.73. The molecule has 0 bridgehead atoms. The van der Waals surface area contributed by atoms with Crippen molar-refractivity contribution in [1.82, 2.24) is 16.0 Å². The zero-order chi connectivity index (χ0) is 27.3. The highest BCUT2D eigenvalue weighted by Crippen LogP contribution is 2.10. The molecule has 12 N–H and O–H groups in total. The van der Waals surface area contributed by atoms with Gasteiger partial charge in [0.2, 0.25) is 23.6 Å². The number of nitrogens with zero attached hydrogens (tertiary/aromatic N) is 1.